The van der Waals surface area contributed by atoms with Crippen molar-refractivity contribution >= 4 is 5.91 Å². The molecule has 1 saturated heterocycles. The summed E-state index contributed by atoms with van der Waals surface area (Å²) in [6, 6.07) is 1.88. The summed E-state index contributed by atoms with van der Waals surface area (Å²) in [5, 5.41) is 15.5. The Morgan fingerprint density at radius 1 is 1.38 bits per heavy atom. The number of aryl methyl sites for hydroxylation is 1. The SMILES string of the molecule is C#CCCC1(CCNC(=O)c2cc(CN3CCCC3)nn2C)N=N1. The largest absolute Gasteiger partial charge is 0.351 e. The van der Waals surface area contributed by atoms with Crippen LogP contribution in [-0.4, -0.2) is 45.9 Å². The smallest absolute Gasteiger partial charge is 0.269 e. The lowest BCUT2D eigenvalue weighted by atomic mass is 10.0. The summed E-state index contributed by atoms with van der Waals surface area (Å²) in [6.07, 6.45) is 9.88. The number of nitrogens with zero attached hydrogens (tertiary/aromatic N) is 5. The van der Waals surface area contributed by atoms with Crippen LogP contribution in [0.2, 0.25) is 0 Å². The minimum Gasteiger partial charge on any atom is -0.351 e. The summed E-state index contributed by atoms with van der Waals surface area (Å²) in [4.78, 5) is 14.7. The van der Waals surface area contributed by atoms with Gasteiger partial charge in [0.25, 0.3) is 5.91 Å². The molecule has 0 bridgehead atoms. The lowest BCUT2D eigenvalue weighted by molar-refractivity contribution is 0.0942. The number of hydrogen-bond acceptors (Lipinski definition) is 5. The van der Waals surface area contributed by atoms with E-state index in [-0.39, 0.29) is 11.6 Å². The number of carbonyl (C=O) groups excluding carboxylic acids is 1. The Hall–Kier alpha value is -2.20. The van der Waals surface area contributed by atoms with Crippen LogP contribution in [0, 0.1) is 12.3 Å². The predicted molar refractivity (Wildman–Crippen MR) is 90.3 cm³/mol. The summed E-state index contributed by atoms with van der Waals surface area (Å²) >= 11 is 0. The molecule has 0 atom stereocenters. The fourth-order valence-electron chi connectivity index (χ4n) is 3.12. The molecule has 7 heteroatoms. The normalized spacial score (nSPS) is 18.5. The van der Waals surface area contributed by atoms with Crippen LogP contribution in [-0.2, 0) is 13.6 Å². The molecule has 3 rings (SSSR count). The van der Waals surface area contributed by atoms with Crippen molar-refractivity contribution in [1.29, 1.82) is 0 Å². The van der Waals surface area contributed by atoms with Gasteiger partial charge in [-0.15, -0.1) is 12.3 Å². The number of amides is 1. The Morgan fingerprint density at radius 2 is 2.12 bits per heavy atom. The van der Waals surface area contributed by atoms with Crippen LogP contribution in [0.1, 0.15) is 48.3 Å². The van der Waals surface area contributed by atoms with Gasteiger partial charge in [-0.2, -0.15) is 15.3 Å². The summed E-state index contributed by atoms with van der Waals surface area (Å²) < 4.78 is 1.65. The molecular formula is C17H24N6O. The molecular weight excluding hydrogens is 304 g/mol. The van der Waals surface area contributed by atoms with E-state index in [0.29, 0.717) is 25.1 Å². The maximum absolute atomic E-state index is 12.4. The molecule has 7 nitrogen and oxygen atoms in total. The van der Waals surface area contributed by atoms with Gasteiger partial charge in [0.05, 0.1) is 5.69 Å². The highest BCUT2D eigenvalue weighted by Crippen LogP contribution is 2.36. The number of hydrogen-bond donors (Lipinski definition) is 1. The van der Waals surface area contributed by atoms with Crippen molar-refractivity contribution in [2.75, 3.05) is 19.6 Å². The highest BCUT2D eigenvalue weighted by Gasteiger charge is 2.38. The molecule has 1 N–H and O–H groups in total. The second kappa shape index (κ2) is 7.14. The van der Waals surface area contributed by atoms with Crippen LogP contribution in [0.3, 0.4) is 0 Å². The number of nitrogens with one attached hydrogen (secondary N) is 1. The van der Waals surface area contributed by atoms with Gasteiger partial charge in [0.2, 0.25) is 0 Å². The van der Waals surface area contributed by atoms with Crippen molar-refractivity contribution in [1.82, 2.24) is 20.0 Å². The minimum absolute atomic E-state index is 0.106. The third-order valence-corrected chi connectivity index (χ3v) is 4.61. The zero-order valence-electron chi connectivity index (χ0n) is 14.2. The van der Waals surface area contributed by atoms with Gasteiger partial charge in [-0.25, -0.2) is 0 Å². The summed E-state index contributed by atoms with van der Waals surface area (Å²) in [5.74, 6) is 2.50. The molecule has 0 aromatic carbocycles. The van der Waals surface area contributed by atoms with E-state index in [1.807, 2.05) is 13.1 Å². The predicted octanol–water partition coefficient (Wildman–Crippen LogP) is 1.71. The van der Waals surface area contributed by atoms with Gasteiger partial charge in [-0.1, -0.05) is 0 Å². The first-order valence-corrected chi connectivity index (χ1v) is 8.53. The van der Waals surface area contributed by atoms with Crippen molar-refractivity contribution in [2.45, 2.75) is 44.3 Å². The molecule has 1 aromatic rings. The lowest BCUT2D eigenvalue weighted by Crippen LogP contribution is -2.29. The van der Waals surface area contributed by atoms with Crippen molar-refractivity contribution < 1.29 is 4.79 Å². The third-order valence-electron chi connectivity index (χ3n) is 4.61. The first-order chi connectivity index (χ1) is 11.6. The fourth-order valence-corrected chi connectivity index (χ4v) is 3.12. The molecule has 0 spiro atoms. The maximum atomic E-state index is 12.4. The van der Waals surface area contributed by atoms with Crippen LogP contribution in [0.5, 0.6) is 0 Å². The van der Waals surface area contributed by atoms with Crippen molar-refractivity contribution in [3.63, 3.8) is 0 Å². The second-order valence-electron chi connectivity index (χ2n) is 6.52. The molecule has 1 fully saturated rings. The van der Waals surface area contributed by atoms with Crippen LogP contribution in [0.15, 0.2) is 16.3 Å². The summed E-state index contributed by atoms with van der Waals surface area (Å²) in [6.45, 7) is 3.58. The Labute approximate surface area is 142 Å². The number of aromatic nitrogens is 2. The number of rotatable bonds is 8. The van der Waals surface area contributed by atoms with Gasteiger partial charge in [-0.05, 0) is 32.0 Å². The lowest BCUT2D eigenvalue weighted by Gasteiger charge is -2.11. The highest BCUT2D eigenvalue weighted by atomic mass is 16.2. The van der Waals surface area contributed by atoms with E-state index < -0.39 is 0 Å². The second-order valence-corrected chi connectivity index (χ2v) is 6.52. The van der Waals surface area contributed by atoms with Crippen LogP contribution in [0.25, 0.3) is 0 Å². The van der Waals surface area contributed by atoms with Gasteiger partial charge < -0.3 is 5.32 Å². The molecule has 1 aromatic heterocycles. The minimum atomic E-state index is -0.354. The molecule has 1 amide bonds. The first kappa shape index (κ1) is 16.7. The molecule has 0 aliphatic carbocycles. The zero-order chi connectivity index (χ0) is 17.0. The van der Waals surface area contributed by atoms with Crippen LogP contribution < -0.4 is 5.32 Å². The molecule has 2 aliphatic heterocycles. The monoisotopic (exact) mass is 328 g/mol. The van der Waals surface area contributed by atoms with Gasteiger partial charge >= 0.3 is 0 Å². The van der Waals surface area contributed by atoms with E-state index >= 15 is 0 Å². The van der Waals surface area contributed by atoms with Gasteiger partial charge in [0.15, 0.2) is 5.66 Å². The summed E-state index contributed by atoms with van der Waals surface area (Å²) in [5.41, 5.74) is 1.18. The Morgan fingerprint density at radius 3 is 2.79 bits per heavy atom. The zero-order valence-corrected chi connectivity index (χ0v) is 14.2. The number of terminal acetylenes is 1. The maximum Gasteiger partial charge on any atom is 0.269 e. The quantitative estimate of drug-likeness (QED) is 0.738. The Bertz CT molecular complexity index is 659. The Balaban J connectivity index is 1.48. The first-order valence-electron chi connectivity index (χ1n) is 8.53. The van der Waals surface area contributed by atoms with Crippen molar-refractivity contribution in [3.8, 4) is 12.3 Å². The van der Waals surface area contributed by atoms with Crippen LogP contribution >= 0.6 is 0 Å². The third kappa shape index (κ3) is 4.01. The molecule has 24 heavy (non-hydrogen) atoms. The van der Waals surface area contributed by atoms with E-state index in [2.05, 4.69) is 31.5 Å². The van der Waals surface area contributed by atoms with E-state index in [4.69, 9.17) is 6.42 Å². The molecule has 128 valence electrons. The molecule has 0 saturated carbocycles. The van der Waals surface area contributed by atoms with Crippen molar-refractivity contribution in [2.24, 2.45) is 17.3 Å². The van der Waals surface area contributed by atoms with Crippen molar-refractivity contribution in [3.05, 3.63) is 17.5 Å². The van der Waals surface area contributed by atoms with Gasteiger partial charge in [-0.3, -0.25) is 14.4 Å². The Kier molecular flexibility index (Phi) is 4.95. The average Bonchev–Trinajstić information content (AvgIpc) is 2.96. The topological polar surface area (TPSA) is 74.9 Å². The highest BCUT2D eigenvalue weighted by molar-refractivity contribution is 5.92. The number of likely N-dealkylation sites (tertiary alicyclic amines) is 1. The van der Waals surface area contributed by atoms with E-state index in [1.54, 1.807) is 4.68 Å². The standard InChI is InChI=1S/C17H24N6O/c1-3-4-7-17(20-21-17)8-9-18-16(24)15-12-14(19-22(15)2)13-23-10-5-6-11-23/h1,12H,4-11,13H2,2H3,(H,18,24). The molecule has 0 unspecified atom stereocenters. The van der Waals surface area contributed by atoms with Gasteiger partial charge in [0.1, 0.15) is 5.69 Å². The average molecular weight is 328 g/mol. The fraction of sp³-hybridized carbons (Fsp3) is 0.647. The summed E-state index contributed by atoms with van der Waals surface area (Å²) in [7, 11) is 1.81. The van der Waals surface area contributed by atoms with E-state index in [1.165, 1.54) is 12.8 Å². The molecule has 0 radical (unpaired) electrons. The van der Waals surface area contributed by atoms with E-state index in [9.17, 15) is 4.79 Å². The molecule has 3 heterocycles. The van der Waals surface area contributed by atoms with Gasteiger partial charge in [0, 0.05) is 39.4 Å². The van der Waals surface area contributed by atoms with Crippen LogP contribution in [0.4, 0.5) is 0 Å². The number of carbonyl (C=O) groups is 1. The van der Waals surface area contributed by atoms with E-state index in [0.717, 1.165) is 31.7 Å². The molecule has 2 aliphatic rings.